The van der Waals surface area contributed by atoms with E-state index in [2.05, 4.69) is 9.88 Å². The number of nitrogens with two attached hydrogens (primary N) is 1. The predicted octanol–water partition coefficient (Wildman–Crippen LogP) is 3.44. The third-order valence-corrected chi connectivity index (χ3v) is 4.28. The fourth-order valence-electron chi connectivity index (χ4n) is 3.16. The van der Waals surface area contributed by atoms with Crippen molar-refractivity contribution < 1.29 is 13.2 Å². The van der Waals surface area contributed by atoms with Gasteiger partial charge in [0.05, 0.1) is 5.56 Å². The molecule has 1 heterocycles. The van der Waals surface area contributed by atoms with Crippen LogP contribution in [0.15, 0.2) is 18.3 Å². The third kappa shape index (κ3) is 3.67. The lowest BCUT2D eigenvalue weighted by Gasteiger charge is -2.40. The quantitative estimate of drug-likeness (QED) is 0.926. The van der Waals surface area contributed by atoms with Crippen LogP contribution in [0.1, 0.15) is 38.2 Å². The van der Waals surface area contributed by atoms with E-state index in [4.69, 9.17) is 5.73 Å². The molecule has 2 atom stereocenters. The van der Waals surface area contributed by atoms with Gasteiger partial charge < -0.3 is 10.6 Å². The van der Waals surface area contributed by atoms with Crippen molar-refractivity contribution in [1.29, 1.82) is 0 Å². The van der Waals surface area contributed by atoms with Gasteiger partial charge in [0.15, 0.2) is 0 Å². The lowest BCUT2D eigenvalue weighted by molar-refractivity contribution is -0.137. The van der Waals surface area contributed by atoms with Gasteiger partial charge in [-0.2, -0.15) is 13.2 Å². The molecule has 6 heteroatoms. The number of alkyl halides is 3. The Balaban J connectivity index is 2.20. The Hall–Kier alpha value is -1.30. The maximum absolute atomic E-state index is 12.6. The Kier molecular flexibility index (Phi) is 5.08. The maximum Gasteiger partial charge on any atom is 0.417 e. The summed E-state index contributed by atoms with van der Waals surface area (Å²) < 4.78 is 37.8. The summed E-state index contributed by atoms with van der Waals surface area (Å²) in [7, 11) is 0. The maximum atomic E-state index is 12.6. The second-order valence-corrected chi connectivity index (χ2v) is 5.54. The lowest BCUT2D eigenvalue weighted by atomic mass is 9.83. The fraction of sp³-hybridized carbons (Fsp3) is 0.667. The fourth-order valence-corrected chi connectivity index (χ4v) is 3.16. The van der Waals surface area contributed by atoms with Gasteiger partial charge in [0, 0.05) is 18.8 Å². The summed E-state index contributed by atoms with van der Waals surface area (Å²) in [6, 6.07) is 2.85. The van der Waals surface area contributed by atoms with Crippen molar-refractivity contribution in [1.82, 2.24) is 4.98 Å². The molecule has 0 spiro atoms. The third-order valence-electron chi connectivity index (χ3n) is 4.28. The minimum Gasteiger partial charge on any atom is -0.354 e. The number of halogens is 3. The highest BCUT2D eigenvalue weighted by molar-refractivity contribution is 5.41. The van der Waals surface area contributed by atoms with Crippen LogP contribution in [0, 0.1) is 5.92 Å². The molecule has 1 saturated carbocycles. The van der Waals surface area contributed by atoms with Crippen LogP contribution in [0.25, 0.3) is 0 Å². The number of pyridine rings is 1. The first-order valence-corrected chi connectivity index (χ1v) is 7.47. The minimum absolute atomic E-state index is 0.276. The molecule has 118 valence electrons. The zero-order chi connectivity index (χ0) is 15.5. The highest BCUT2D eigenvalue weighted by Gasteiger charge is 2.32. The molecule has 1 fully saturated rings. The van der Waals surface area contributed by atoms with Crippen LogP contribution in [0.5, 0.6) is 0 Å². The van der Waals surface area contributed by atoms with Gasteiger partial charge in [0.25, 0.3) is 0 Å². The van der Waals surface area contributed by atoms with Crippen LogP contribution in [0.4, 0.5) is 19.0 Å². The normalized spacial score (nSPS) is 23.1. The van der Waals surface area contributed by atoms with Crippen molar-refractivity contribution in [3.05, 3.63) is 23.9 Å². The molecule has 1 aromatic rings. The number of nitrogens with zero attached hydrogens (tertiary/aromatic N) is 2. The first-order valence-electron chi connectivity index (χ1n) is 7.47. The second kappa shape index (κ2) is 6.64. The predicted molar refractivity (Wildman–Crippen MR) is 77.1 cm³/mol. The van der Waals surface area contributed by atoms with Gasteiger partial charge in [0.1, 0.15) is 5.82 Å². The smallest absolute Gasteiger partial charge is 0.354 e. The van der Waals surface area contributed by atoms with E-state index in [1.165, 1.54) is 12.5 Å². The standard InChI is InChI=1S/C15H22F3N3/c1-2-21(13-6-4-3-5-11(13)9-19)14-8-7-12(10-20-14)15(16,17)18/h7-8,10-11,13H,2-6,9,19H2,1H3. The van der Waals surface area contributed by atoms with Gasteiger partial charge in [-0.25, -0.2) is 4.98 Å². The molecule has 1 aliphatic rings. The molecule has 2 N–H and O–H groups in total. The molecule has 2 rings (SSSR count). The van der Waals surface area contributed by atoms with Crippen molar-refractivity contribution in [2.75, 3.05) is 18.0 Å². The number of anilines is 1. The summed E-state index contributed by atoms with van der Waals surface area (Å²) in [5.74, 6) is 0.999. The molecule has 1 aliphatic carbocycles. The zero-order valence-corrected chi connectivity index (χ0v) is 12.2. The molecule has 0 bridgehead atoms. The monoisotopic (exact) mass is 301 g/mol. The van der Waals surface area contributed by atoms with Crippen molar-refractivity contribution in [2.45, 2.75) is 44.8 Å². The van der Waals surface area contributed by atoms with Crippen LogP contribution in [0.2, 0.25) is 0 Å². The highest BCUT2D eigenvalue weighted by atomic mass is 19.4. The number of hydrogen-bond acceptors (Lipinski definition) is 3. The first-order chi connectivity index (χ1) is 9.97. The van der Waals surface area contributed by atoms with Crippen molar-refractivity contribution in [2.24, 2.45) is 11.7 Å². The van der Waals surface area contributed by atoms with E-state index in [9.17, 15) is 13.2 Å². The van der Waals surface area contributed by atoms with Gasteiger partial charge in [-0.3, -0.25) is 0 Å². The average molecular weight is 301 g/mol. The minimum atomic E-state index is -4.34. The van der Waals surface area contributed by atoms with E-state index in [-0.39, 0.29) is 6.04 Å². The molecule has 1 aromatic heterocycles. The first kappa shape index (κ1) is 16.1. The van der Waals surface area contributed by atoms with Crippen LogP contribution >= 0.6 is 0 Å². The van der Waals surface area contributed by atoms with Crippen LogP contribution in [-0.2, 0) is 6.18 Å². The van der Waals surface area contributed by atoms with E-state index in [0.717, 1.165) is 38.1 Å². The second-order valence-electron chi connectivity index (χ2n) is 5.54. The molecule has 21 heavy (non-hydrogen) atoms. The molecular weight excluding hydrogens is 279 g/mol. The Labute approximate surface area is 123 Å². The van der Waals surface area contributed by atoms with Crippen molar-refractivity contribution in [3.63, 3.8) is 0 Å². The summed E-state index contributed by atoms with van der Waals surface area (Å²) in [6.45, 7) is 3.34. The summed E-state index contributed by atoms with van der Waals surface area (Å²) >= 11 is 0. The van der Waals surface area contributed by atoms with Crippen molar-refractivity contribution >= 4 is 5.82 Å². The largest absolute Gasteiger partial charge is 0.417 e. The number of aromatic nitrogens is 1. The van der Waals surface area contributed by atoms with Gasteiger partial charge in [0.2, 0.25) is 0 Å². The zero-order valence-electron chi connectivity index (χ0n) is 12.2. The summed E-state index contributed by atoms with van der Waals surface area (Å²) in [5, 5.41) is 0. The van der Waals surface area contributed by atoms with Gasteiger partial charge in [-0.15, -0.1) is 0 Å². The summed E-state index contributed by atoms with van der Waals surface area (Å²) in [5.41, 5.74) is 5.14. The van der Waals surface area contributed by atoms with E-state index in [1.54, 1.807) is 0 Å². The number of hydrogen-bond donors (Lipinski definition) is 1. The summed E-state index contributed by atoms with van der Waals surface area (Å²) in [4.78, 5) is 6.12. The molecule has 0 aromatic carbocycles. The van der Waals surface area contributed by atoms with Gasteiger partial charge >= 0.3 is 6.18 Å². The molecule has 0 radical (unpaired) electrons. The molecular formula is C15H22F3N3. The molecule has 2 unspecified atom stereocenters. The molecule has 0 amide bonds. The topological polar surface area (TPSA) is 42.2 Å². The molecule has 0 saturated heterocycles. The highest BCUT2D eigenvalue weighted by Crippen LogP contribution is 2.32. The average Bonchev–Trinajstić information content (AvgIpc) is 2.48. The van der Waals surface area contributed by atoms with E-state index in [1.807, 2.05) is 6.92 Å². The summed E-state index contributed by atoms with van der Waals surface area (Å²) in [6.07, 6.45) is 0.997. The Morgan fingerprint density at radius 2 is 2.00 bits per heavy atom. The van der Waals surface area contributed by atoms with Gasteiger partial charge in [-0.1, -0.05) is 12.8 Å². The SMILES string of the molecule is CCN(c1ccc(C(F)(F)F)cn1)C1CCCCC1CN. The lowest BCUT2D eigenvalue weighted by Crippen LogP contribution is -2.45. The van der Waals surface area contributed by atoms with E-state index in [0.29, 0.717) is 18.3 Å². The van der Waals surface area contributed by atoms with Gasteiger partial charge in [-0.05, 0) is 44.4 Å². The molecule has 0 aliphatic heterocycles. The Morgan fingerprint density at radius 1 is 1.29 bits per heavy atom. The Bertz CT molecular complexity index is 444. The van der Waals surface area contributed by atoms with Crippen LogP contribution in [-0.4, -0.2) is 24.1 Å². The van der Waals surface area contributed by atoms with Crippen LogP contribution < -0.4 is 10.6 Å². The van der Waals surface area contributed by atoms with E-state index >= 15 is 0 Å². The van der Waals surface area contributed by atoms with Crippen LogP contribution in [0.3, 0.4) is 0 Å². The van der Waals surface area contributed by atoms with E-state index < -0.39 is 11.7 Å². The molecule has 3 nitrogen and oxygen atoms in total. The number of rotatable bonds is 4. The van der Waals surface area contributed by atoms with Crippen molar-refractivity contribution in [3.8, 4) is 0 Å². The Morgan fingerprint density at radius 3 is 2.52 bits per heavy atom.